The first-order chi connectivity index (χ1) is 7.60. The van der Waals surface area contributed by atoms with Gasteiger partial charge in [-0.3, -0.25) is 9.69 Å². The van der Waals surface area contributed by atoms with Gasteiger partial charge in [0, 0.05) is 39.8 Å². The second-order valence-corrected chi connectivity index (χ2v) is 4.41. The van der Waals surface area contributed by atoms with Gasteiger partial charge in [0.25, 0.3) is 0 Å². The molecule has 2 aliphatic heterocycles. The van der Waals surface area contributed by atoms with E-state index in [-0.39, 0.29) is 0 Å². The fourth-order valence-electron chi connectivity index (χ4n) is 2.53. The van der Waals surface area contributed by atoms with Crippen LogP contribution in [-0.2, 0) is 14.3 Å². The van der Waals surface area contributed by atoms with E-state index >= 15 is 0 Å². The normalized spacial score (nSPS) is 33.6. The van der Waals surface area contributed by atoms with Gasteiger partial charge >= 0.3 is 5.97 Å². The number of aliphatic carboxylic acids is 1. The molecule has 0 aromatic rings. The van der Waals surface area contributed by atoms with Crippen molar-refractivity contribution < 1.29 is 19.4 Å². The maximum Gasteiger partial charge on any atom is 0.322 e. The van der Waals surface area contributed by atoms with Crippen molar-refractivity contribution >= 4 is 5.97 Å². The van der Waals surface area contributed by atoms with E-state index in [1.54, 1.807) is 14.2 Å². The lowest BCUT2D eigenvalue weighted by Gasteiger charge is -2.33. The number of piperazine rings is 1. The summed E-state index contributed by atoms with van der Waals surface area (Å²) in [7, 11) is 3.26. The Morgan fingerprint density at radius 1 is 1.50 bits per heavy atom. The maximum absolute atomic E-state index is 10.9. The zero-order valence-corrected chi connectivity index (χ0v) is 9.60. The van der Waals surface area contributed by atoms with Crippen molar-refractivity contribution in [2.75, 3.05) is 33.9 Å². The van der Waals surface area contributed by atoms with E-state index in [1.165, 1.54) is 0 Å². The number of hydrogen-bond donors (Lipinski definition) is 2. The number of nitrogens with one attached hydrogen (secondary N) is 1. The topological polar surface area (TPSA) is 71.0 Å². The summed E-state index contributed by atoms with van der Waals surface area (Å²) in [5, 5.41) is 12.0. The van der Waals surface area contributed by atoms with Crippen LogP contribution in [0.2, 0.25) is 0 Å². The predicted molar refractivity (Wildman–Crippen MR) is 56.2 cm³/mol. The van der Waals surface area contributed by atoms with Gasteiger partial charge in [-0.15, -0.1) is 0 Å². The van der Waals surface area contributed by atoms with Crippen LogP contribution in [0.4, 0.5) is 0 Å². The highest BCUT2D eigenvalue weighted by molar-refractivity contribution is 5.74. The number of ether oxygens (including phenoxy) is 2. The van der Waals surface area contributed by atoms with Gasteiger partial charge in [0.1, 0.15) is 6.04 Å². The van der Waals surface area contributed by atoms with Gasteiger partial charge in [-0.05, 0) is 0 Å². The molecular formula is C10H18N2O4. The third-order valence-electron chi connectivity index (χ3n) is 3.57. The van der Waals surface area contributed by atoms with Crippen molar-refractivity contribution in [3.05, 3.63) is 0 Å². The summed E-state index contributed by atoms with van der Waals surface area (Å²) in [6, 6.07) is -0.184. The fraction of sp³-hybridized carbons (Fsp3) is 0.900. The smallest absolute Gasteiger partial charge is 0.322 e. The summed E-state index contributed by atoms with van der Waals surface area (Å²) < 4.78 is 10.8. The van der Waals surface area contributed by atoms with Gasteiger partial charge in [-0.1, -0.05) is 0 Å². The molecule has 16 heavy (non-hydrogen) atoms. The molecule has 0 radical (unpaired) electrons. The maximum atomic E-state index is 10.9. The zero-order valence-electron chi connectivity index (χ0n) is 9.60. The third kappa shape index (κ3) is 1.93. The standard InChI is InChI=1S/C10H18N2O4/c1-15-10(16-2)3-7-4-11-8(9(13)14)5-12(7)6-10/h7-8,11H,3-6H2,1-2H3,(H,13,14). The first kappa shape index (κ1) is 11.8. The summed E-state index contributed by atoms with van der Waals surface area (Å²) in [4.78, 5) is 13.0. The molecule has 6 heteroatoms. The molecule has 0 aliphatic carbocycles. The van der Waals surface area contributed by atoms with E-state index in [4.69, 9.17) is 14.6 Å². The van der Waals surface area contributed by atoms with Gasteiger partial charge in [0.05, 0.1) is 6.54 Å². The number of carboxylic acid groups (broad SMARTS) is 1. The molecule has 0 amide bonds. The molecule has 0 spiro atoms. The number of methoxy groups -OCH3 is 2. The van der Waals surface area contributed by atoms with Crippen LogP contribution in [0.3, 0.4) is 0 Å². The van der Waals surface area contributed by atoms with Crippen LogP contribution in [-0.4, -0.2) is 67.7 Å². The molecule has 6 nitrogen and oxygen atoms in total. The van der Waals surface area contributed by atoms with E-state index in [0.717, 1.165) is 6.42 Å². The van der Waals surface area contributed by atoms with Crippen LogP contribution in [0.25, 0.3) is 0 Å². The van der Waals surface area contributed by atoms with Crippen molar-refractivity contribution in [2.24, 2.45) is 0 Å². The Morgan fingerprint density at radius 3 is 2.75 bits per heavy atom. The molecule has 2 N–H and O–H groups in total. The van der Waals surface area contributed by atoms with Crippen molar-refractivity contribution in [3.8, 4) is 0 Å². The SMILES string of the molecule is COC1(OC)CC2CNC(C(=O)O)CN2C1. The molecule has 2 atom stereocenters. The number of carbonyl (C=O) groups is 1. The van der Waals surface area contributed by atoms with E-state index in [0.29, 0.717) is 25.7 Å². The Morgan fingerprint density at radius 2 is 2.19 bits per heavy atom. The van der Waals surface area contributed by atoms with Crippen molar-refractivity contribution in [1.82, 2.24) is 10.2 Å². The van der Waals surface area contributed by atoms with Gasteiger partial charge in [0.2, 0.25) is 0 Å². The first-order valence-corrected chi connectivity index (χ1v) is 5.41. The average molecular weight is 230 g/mol. The van der Waals surface area contributed by atoms with Crippen LogP contribution in [0.1, 0.15) is 6.42 Å². The minimum Gasteiger partial charge on any atom is -0.480 e. The van der Waals surface area contributed by atoms with E-state index in [9.17, 15) is 4.79 Å². The molecule has 2 saturated heterocycles. The van der Waals surface area contributed by atoms with Crippen LogP contribution in [0.5, 0.6) is 0 Å². The lowest BCUT2D eigenvalue weighted by atomic mass is 10.1. The van der Waals surface area contributed by atoms with Crippen molar-refractivity contribution in [1.29, 1.82) is 0 Å². The lowest BCUT2D eigenvalue weighted by Crippen LogP contribution is -2.56. The third-order valence-corrected chi connectivity index (χ3v) is 3.57. The molecule has 0 aromatic carbocycles. The summed E-state index contributed by atoms with van der Waals surface area (Å²) in [6.07, 6.45) is 0.777. The van der Waals surface area contributed by atoms with Crippen molar-refractivity contribution in [3.63, 3.8) is 0 Å². The van der Waals surface area contributed by atoms with Crippen LogP contribution in [0, 0.1) is 0 Å². The predicted octanol–water partition coefficient (Wildman–Crippen LogP) is -0.894. The molecule has 2 fully saturated rings. The molecule has 0 aromatic heterocycles. The highest BCUT2D eigenvalue weighted by Gasteiger charge is 2.47. The summed E-state index contributed by atoms with van der Waals surface area (Å²) in [5.74, 6) is -1.37. The molecule has 2 aliphatic rings. The average Bonchev–Trinajstić information content (AvgIpc) is 2.67. The van der Waals surface area contributed by atoms with E-state index in [2.05, 4.69) is 10.2 Å². The number of fused-ring (bicyclic) bond motifs is 1. The highest BCUT2D eigenvalue weighted by Crippen LogP contribution is 2.31. The second kappa shape index (κ2) is 4.29. The molecule has 92 valence electrons. The summed E-state index contributed by atoms with van der Waals surface area (Å²) in [6.45, 7) is 1.82. The number of hydrogen-bond acceptors (Lipinski definition) is 5. The minimum absolute atomic E-state index is 0.301. The molecule has 2 rings (SSSR count). The Hall–Kier alpha value is -0.690. The Labute approximate surface area is 94.5 Å². The monoisotopic (exact) mass is 230 g/mol. The Bertz CT molecular complexity index is 280. The fourth-order valence-corrected chi connectivity index (χ4v) is 2.53. The van der Waals surface area contributed by atoms with Gasteiger partial charge in [-0.25, -0.2) is 0 Å². The molecular weight excluding hydrogens is 212 g/mol. The number of nitrogens with zero attached hydrogens (tertiary/aromatic N) is 1. The Balaban J connectivity index is 2.03. The largest absolute Gasteiger partial charge is 0.480 e. The van der Waals surface area contributed by atoms with Crippen LogP contribution >= 0.6 is 0 Å². The zero-order chi connectivity index (χ0) is 11.8. The van der Waals surface area contributed by atoms with Gasteiger partial charge < -0.3 is 19.9 Å². The molecule has 2 heterocycles. The quantitative estimate of drug-likeness (QED) is 0.613. The Kier molecular flexibility index (Phi) is 3.16. The summed E-state index contributed by atoms with van der Waals surface area (Å²) in [5.41, 5.74) is 0. The molecule has 0 bridgehead atoms. The molecule has 0 saturated carbocycles. The number of rotatable bonds is 3. The highest BCUT2D eigenvalue weighted by atomic mass is 16.7. The van der Waals surface area contributed by atoms with Crippen molar-refractivity contribution in [2.45, 2.75) is 24.3 Å². The van der Waals surface area contributed by atoms with E-state index < -0.39 is 17.8 Å². The van der Waals surface area contributed by atoms with Gasteiger partial charge in [-0.2, -0.15) is 0 Å². The molecule has 2 unspecified atom stereocenters. The summed E-state index contributed by atoms with van der Waals surface area (Å²) >= 11 is 0. The number of carboxylic acids is 1. The van der Waals surface area contributed by atoms with Crippen LogP contribution < -0.4 is 5.32 Å². The first-order valence-electron chi connectivity index (χ1n) is 5.41. The lowest BCUT2D eigenvalue weighted by molar-refractivity contribution is -0.196. The minimum atomic E-state index is -0.800. The van der Waals surface area contributed by atoms with Crippen LogP contribution in [0.15, 0.2) is 0 Å². The van der Waals surface area contributed by atoms with E-state index in [1.807, 2.05) is 0 Å². The van der Waals surface area contributed by atoms with Gasteiger partial charge in [0.15, 0.2) is 5.79 Å². The second-order valence-electron chi connectivity index (χ2n) is 4.41.